The Morgan fingerprint density at radius 1 is 0.784 bits per heavy atom. The van der Waals surface area contributed by atoms with Gasteiger partial charge in [0, 0.05) is 11.1 Å². The number of Topliss-reactive ketones (excluding diaryl/α,β-unsaturated/α-hetero) is 2. The van der Waals surface area contributed by atoms with E-state index in [-0.39, 0.29) is 16.8 Å². The molecule has 3 aromatic carbocycles. The number of ether oxygens (including phenoxy) is 1. The number of alkyl halides is 3. The summed E-state index contributed by atoms with van der Waals surface area (Å²) >= 11 is 0. The highest BCUT2D eigenvalue weighted by Gasteiger charge is 2.74. The monoisotopic (exact) mass is 505 g/mol. The van der Waals surface area contributed by atoms with E-state index in [4.69, 9.17) is 4.74 Å². The van der Waals surface area contributed by atoms with Crippen LogP contribution in [-0.4, -0.2) is 29.0 Å². The molecule has 3 atom stereocenters. The third-order valence-corrected chi connectivity index (χ3v) is 7.38. The Balaban J connectivity index is 1.50. The first-order chi connectivity index (χ1) is 17.6. The van der Waals surface area contributed by atoms with Crippen LogP contribution < -0.4 is 4.90 Å². The maximum Gasteiger partial charge on any atom is 0.416 e. The van der Waals surface area contributed by atoms with Crippen LogP contribution in [-0.2, 0) is 20.5 Å². The van der Waals surface area contributed by atoms with E-state index < -0.39 is 58.7 Å². The van der Waals surface area contributed by atoms with Crippen molar-refractivity contribution in [3.8, 4) is 0 Å². The topological polar surface area (TPSA) is 80.8 Å². The predicted octanol–water partition coefficient (Wildman–Crippen LogP) is 4.71. The summed E-state index contributed by atoms with van der Waals surface area (Å²) in [5, 5.41) is 0. The van der Waals surface area contributed by atoms with E-state index in [1.165, 1.54) is 12.1 Å². The van der Waals surface area contributed by atoms with Gasteiger partial charge in [-0.2, -0.15) is 13.2 Å². The number of benzene rings is 3. The zero-order valence-corrected chi connectivity index (χ0v) is 19.3. The molecule has 6 rings (SSSR count). The van der Waals surface area contributed by atoms with Crippen molar-refractivity contribution >= 4 is 29.1 Å². The number of hydrogen-bond acceptors (Lipinski definition) is 5. The first kappa shape index (κ1) is 23.3. The van der Waals surface area contributed by atoms with E-state index >= 15 is 0 Å². The molecule has 186 valence electrons. The molecule has 0 bridgehead atoms. The molecule has 0 radical (unpaired) electrons. The summed E-state index contributed by atoms with van der Waals surface area (Å²) in [5.74, 6) is -5.70. The van der Waals surface area contributed by atoms with E-state index in [0.717, 1.165) is 34.7 Å². The molecule has 3 aromatic rings. The van der Waals surface area contributed by atoms with Gasteiger partial charge in [0.1, 0.15) is 0 Å². The van der Waals surface area contributed by atoms with Crippen LogP contribution in [0.2, 0.25) is 0 Å². The van der Waals surface area contributed by atoms with Gasteiger partial charge in [-0.25, -0.2) is 4.90 Å². The standard InChI is InChI=1S/C28H18F3NO5/c1-14-6-8-15(9-7-14)22-20-21(27(37-22)23(33)18-4-2-3-5-19(18)24(27)34)26(36)32(25(20)35)17-12-10-16(11-13-17)28(29,30)31/h2-13,20-22H,1H3. The Hall–Kier alpha value is -4.11. The summed E-state index contributed by atoms with van der Waals surface area (Å²) in [6.45, 7) is 1.86. The van der Waals surface area contributed by atoms with Gasteiger partial charge in [0.2, 0.25) is 29.0 Å². The summed E-state index contributed by atoms with van der Waals surface area (Å²) in [6, 6.07) is 16.7. The van der Waals surface area contributed by atoms with Crippen molar-refractivity contribution in [2.24, 2.45) is 11.8 Å². The lowest BCUT2D eigenvalue weighted by atomic mass is 9.77. The van der Waals surface area contributed by atoms with Crippen LogP contribution in [0, 0.1) is 18.8 Å². The predicted molar refractivity (Wildman–Crippen MR) is 124 cm³/mol. The molecule has 3 aliphatic rings. The Bertz CT molecular complexity index is 1460. The summed E-state index contributed by atoms with van der Waals surface area (Å²) in [4.78, 5) is 55.7. The van der Waals surface area contributed by atoms with E-state index in [2.05, 4.69) is 0 Å². The molecule has 37 heavy (non-hydrogen) atoms. The molecule has 2 fully saturated rings. The Labute approximate surface area is 208 Å². The number of nitrogens with zero attached hydrogens (tertiary/aromatic N) is 1. The Morgan fingerprint density at radius 2 is 1.35 bits per heavy atom. The number of carbonyl (C=O) groups excluding carboxylic acids is 4. The fourth-order valence-electron chi connectivity index (χ4n) is 5.63. The van der Waals surface area contributed by atoms with Crippen molar-refractivity contribution in [2.75, 3.05) is 4.90 Å². The van der Waals surface area contributed by atoms with Gasteiger partial charge in [-0.15, -0.1) is 0 Å². The quantitative estimate of drug-likeness (QED) is 0.372. The molecule has 6 nitrogen and oxygen atoms in total. The van der Waals surface area contributed by atoms with E-state index in [0.29, 0.717) is 5.56 Å². The van der Waals surface area contributed by atoms with Gasteiger partial charge in [0.15, 0.2) is 0 Å². The molecular formula is C28H18F3NO5. The summed E-state index contributed by atoms with van der Waals surface area (Å²) < 4.78 is 45.4. The largest absolute Gasteiger partial charge is 0.416 e. The van der Waals surface area contributed by atoms with Crippen molar-refractivity contribution in [1.82, 2.24) is 0 Å². The van der Waals surface area contributed by atoms with E-state index in [1.54, 1.807) is 36.4 Å². The number of rotatable bonds is 2. The fraction of sp³-hybridized carbons (Fsp3) is 0.214. The molecular weight excluding hydrogens is 487 g/mol. The molecule has 2 amide bonds. The van der Waals surface area contributed by atoms with Crippen LogP contribution in [0.25, 0.3) is 0 Å². The summed E-state index contributed by atoms with van der Waals surface area (Å²) in [7, 11) is 0. The van der Waals surface area contributed by atoms with Gasteiger partial charge in [-0.1, -0.05) is 54.1 Å². The first-order valence-electron chi connectivity index (χ1n) is 11.5. The first-order valence-corrected chi connectivity index (χ1v) is 11.5. The van der Waals surface area contributed by atoms with Gasteiger partial charge in [-0.05, 0) is 36.8 Å². The number of halogens is 3. The lowest BCUT2D eigenvalue weighted by Crippen LogP contribution is -2.51. The third-order valence-electron chi connectivity index (χ3n) is 7.38. The van der Waals surface area contributed by atoms with Crippen LogP contribution in [0.3, 0.4) is 0 Å². The molecule has 1 spiro atoms. The normalized spacial score (nSPS) is 24.2. The second-order valence-corrected chi connectivity index (χ2v) is 9.45. The molecule has 1 aliphatic carbocycles. The number of hydrogen-bond donors (Lipinski definition) is 0. The van der Waals surface area contributed by atoms with Crippen LogP contribution in [0.1, 0.15) is 43.5 Å². The second-order valence-electron chi connectivity index (χ2n) is 9.45. The van der Waals surface area contributed by atoms with E-state index in [9.17, 15) is 32.3 Å². The number of ketones is 2. The van der Waals surface area contributed by atoms with Crippen molar-refractivity contribution in [3.05, 3.63) is 101 Å². The van der Waals surface area contributed by atoms with Gasteiger partial charge >= 0.3 is 6.18 Å². The van der Waals surface area contributed by atoms with Crippen molar-refractivity contribution in [2.45, 2.75) is 24.8 Å². The molecule has 0 N–H and O–H groups in total. The third kappa shape index (κ3) is 3.10. The smallest absolute Gasteiger partial charge is 0.349 e. The zero-order valence-electron chi connectivity index (χ0n) is 19.3. The Morgan fingerprint density at radius 3 is 1.89 bits per heavy atom. The van der Waals surface area contributed by atoms with Gasteiger partial charge in [-0.3, -0.25) is 19.2 Å². The molecule has 2 aliphatic heterocycles. The fourth-order valence-corrected chi connectivity index (χ4v) is 5.63. The number of imide groups is 1. The molecule has 2 saturated heterocycles. The molecule has 3 unspecified atom stereocenters. The molecule has 0 aromatic heterocycles. The SMILES string of the molecule is Cc1ccc(C2OC3(C(=O)c4ccccc4C3=O)C3C(=O)N(c4ccc(C(F)(F)F)cc4)C(=O)C23)cc1. The van der Waals surface area contributed by atoms with Crippen LogP contribution >= 0.6 is 0 Å². The highest BCUT2D eigenvalue weighted by molar-refractivity contribution is 6.37. The lowest BCUT2D eigenvalue weighted by Gasteiger charge is -2.27. The number of aryl methyl sites for hydroxylation is 1. The molecule has 9 heteroatoms. The highest BCUT2D eigenvalue weighted by Crippen LogP contribution is 2.57. The summed E-state index contributed by atoms with van der Waals surface area (Å²) in [6.07, 6.45) is -5.69. The van der Waals surface area contributed by atoms with Crippen molar-refractivity contribution < 1.29 is 37.1 Å². The lowest BCUT2D eigenvalue weighted by molar-refractivity contribution is -0.137. The Kier molecular flexibility index (Phi) is 4.84. The number of fused-ring (bicyclic) bond motifs is 3. The van der Waals surface area contributed by atoms with Crippen LogP contribution in [0.5, 0.6) is 0 Å². The number of anilines is 1. The maximum absolute atomic E-state index is 13.8. The van der Waals surface area contributed by atoms with Crippen LogP contribution in [0.4, 0.5) is 18.9 Å². The second kappa shape index (κ2) is 7.69. The van der Waals surface area contributed by atoms with Gasteiger partial charge < -0.3 is 4.74 Å². The number of amides is 2. The molecule has 2 heterocycles. The molecule has 0 saturated carbocycles. The van der Waals surface area contributed by atoms with E-state index in [1.807, 2.05) is 6.92 Å². The zero-order chi connectivity index (χ0) is 26.3. The van der Waals surface area contributed by atoms with Gasteiger partial charge in [0.25, 0.3) is 0 Å². The average molecular weight is 505 g/mol. The van der Waals surface area contributed by atoms with Gasteiger partial charge in [0.05, 0.1) is 29.2 Å². The van der Waals surface area contributed by atoms with Crippen LogP contribution in [0.15, 0.2) is 72.8 Å². The van der Waals surface area contributed by atoms with Crippen molar-refractivity contribution in [1.29, 1.82) is 0 Å². The van der Waals surface area contributed by atoms with Crippen molar-refractivity contribution in [3.63, 3.8) is 0 Å². The minimum absolute atomic E-state index is 0.0781. The average Bonchev–Trinajstić information content (AvgIpc) is 3.44. The minimum Gasteiger partial charge on any atom is -0.349 e. The highest BCUT2D eigenvalue weighted by atomic mass is 19.4. The maximum atomic E-state index is 13.8. The minimum atomic E-state index is -4.60. The number of carbonyl (C=O) groups is 4. The summed E-state index contributed by atoms with van der Waals surface area (Å²) in [5.41, 5.74) is -1.63.